The van der Waals surface area contributed by atoms with E-state index >= 15 is 0 Å². The van der Waals surface area contributed by atoms with E-state index in [2.05, 4.69) is 39.6 Å². The Balaban J connectivity index is 1.68. The molecular weight excluding hydrogens is 394 g/mol. The van der Waals surface area contributed by atoms with Gasteiger partial charge in [-0.2, -0.15) is 10.4 Å². The molecule has 0 aliphatic carbocycles. The van der Waals surface area contributed by atoms with E-state index in [0.29, 0.717) is 11.3 Å². The Kier molecular flexibility index (Phi) is 7.81. The molecule has 0 spiro atoms. The molecule has 0 fully saturated rings. The Hall–Kier alpha value is -3.37. The molecule has 0 amide bonds. The second kappa shape index (κ2) is 11.0. The van der Waals surface area contributed by atoms with Crippen LogP contribution in [0.3, 0.4) is 0 Å². The third kappa shape index (κ3) is 5.82. The van der Waals surface area contributed by atoms with E-state index in [9.17, 15) is 10.1 Å². The van der Waals surface area contributed by atoms with Crippen molar-refractivity contribution in [2.45, 2.75) is 31.1 Å². The third-order valence-electron chi connectivity index (χ3n) is 4.36. The number of hydrogen-bond donors (Lipinski definition) is 2. The SMILES string of the molecule is CCCCCSc1ccc(C=NNc2nc(-c3ccccc3)c(C#N)c(=O)[nH]2)cc1. The van der Waals surface area contributed by atoms with Gasteiger partial charge in [0.2, 0.25) is 5.95 Å². The fourth-order valence-corrected chi connectivity index (χ4v) is 3.71. The standard InChI is InChI=1S/C23H23N5OS/c1-2-3-7-14-30-19-12-10-17(11-13-19)16-25-28-23-26-21(18-8-5-4-6-9-18)20(15-24)22(29)27-23/h4-6,8-13,16H,2-3,7,14H2,1H3,(H2,26,27,28,29). The topological polar surface area (TPSA) is 93.9 Å². The van der Waals surface area contributed by atoms with Gasteiger partial charge in [-0.3, -0.25) is 9.78 Å². The highest BCUT2D eigenvalue weighted by Crippen LogP contribution is 2.20. The summed E-state index contributed by atoms with van der Waals surface area (Å²) in [5, 5.41) is 13.5. The average molecular weight is 418 g/mol. The van der Waals surface area contributed by atoms with Gasteiger partial charge in [-0.1, -0.05) is 62.2 Å². The van der Waals surface area contributed by atoms with Crippen molar-refractivity contribution in [1.82, 2.24) is 9.97 Å². The van der Waals surface area contributed by atoms with Gasteiger partial charge < -0.3 is 0 Å². The van der Waals surface area contributed by atoms with Crippen LogP contribution in [0.2, 0.25) is 0 Å². The van der Waals surface area contributed by atoms with Crippen molar-refractivity contribution in [2.24, 2.45) is 5.10 Å². The minimum absolute atomic E-state index is 0.0252. The molecule has 7 heteroatoms. The largest absolute Gasteiger partial charge is 0.290 e. The molecule has 6 nitrogen and oxygen atoms in total. The van der Waals surface area contributed by atoms with Crippen LogP contribution in [0.5, 0.6) is 0 Å². The van der Waals surface area contributed by atoms with E-state index in [-0.39, 0.29) is 11.5 Å². The molecule has 0 unspecified atom stereocenters. The summed E-state index contributed by atoms with van der Waals surface area (Å²) in [7, 11) is 0. The predicted octanol–water partition coefficient (Wildman–Crippen LogP) is 5.04. The van der Waals surface area contributed by atoms with E-state index in [1.54, 1.807) is 18.3 Å². The average Bonchev–Trinajstić information content (AvgIpc) is 2.78. The van der Waals surface area contributed by atoms with Crippen molar-refractivity contribution in [2.75, 3.05) is 11.2 Å². The summed E-state index contributed by atoms with van der Waals surface area (Å²) >= 11 is 1.86. The Bertz CT molecular complexity index is 1090. The molecule has 0 bridgehead atoms. The number of nitriles is 1. The summed E-state index contributed by atoms with van der Waals surface area (Å²) in [4.78, 5) is 20.4. The van der Waals surface area contributed by atoms with Gasteiger partial charge in [0.15, 0.2) is 0 Å². The lowest BCUT2D eigenvalue weighted by molar-refractivity contribution is 0.778. The van der Waals surface area contributed by atoms with Gasteiger partial charge in [0.1, 0.15) is 11.6 Å². The van der Waals surface area contributed by atoms with Crippen molar-refractivity contribution in [3.05, 3.63) is 76.1 Å². The van der Waals surface area contributed by atoms with Gasteiger partial charge >= 0.3 is 0 Å². The zero-order valence-corrected chi connectivity index (χ0v) is 17.6. The molecular formula is C23H23N5OS. The maximum atomic E-state index is 12.3. The number of aromatic nitrogens is 2. The number of aromatic amines is 1. The molecule has 2 aromatic carbocycles. The van der Waals surface area contributed by atoms with Crippen LogP contribution in [0.15, 0.2) is 69.4 Å². The Morgan fingerprint density at radius 1 is 1.17 bits per heavy atom. The molecule has 3 aromatic rings. The zero-order valence-electron chi connectivity index (χ0n) is 16.8. The number of thioether (sulfide) groups is 1. The summed E-state index contributed by atoms with van der Waals surface area (Å²) in [5.41, 5.74) is 4.16. The first-order valence-electron chi connectivity index (χ1n) is 9.83. The second-order valence-electron chi connectivity index (χ2n) is 6.61. The van der Waals surface area contributed by atoms with E-state index in [1.807, 2.05) is 48.2 Å². The molecule has 0 aliphatic heterocycles. The van der Waals surface area contributed by atoms with E-state index < -0.39 is 5.56 Å². The number of H-pyrrole nitrogens is 1. The molecule has 2 N–H and O–H groups in total. The maximum absolute atomic E-state index is 12.3. The lowest BCUT2D eigenvalue weighted by Gasteiger charge is -2.06. The summed E-state index contributed by atoms with van der Waals surface area (Å²) < 4.78 is 0. The number of hydrazone groups is 1. The van der Waals surface area contributed by atoms with E-state index in [0.717, 1.165) is 11.3 Å². The van der Waals surface area contributed by atoms with Crippen molar-refractivity contribution in [3.8, 4) is 17.3 Å². The van der Waals surface area contributed by atoms with Crippen LogP contribution < -0.4 is 11.0 Å². The van der Waals surface area contributed by atoms with Crippen molar-refractivity contribution in [3.63, 3.8) is 0 Å². The third-order valence-corrected chi connectivity index (χ3v) is 5.46. The number of nitrogens with zero attached hydrogens (tertiary/aromatic N) is 3. The molecule has 3 rings (SSSR count). The van der Waals surface area contributed by atoms with Crippen molar-refractivity contribution in [1.29, 1.82) is 5.26 Å². The maximum Gasteiger partial charge on any atom is 0.270 e. The van der Waals surface area contributed by atoms with Gasteiger partial charge in [0, 0.05) is 10.5 Å². The number of unbranched alkanes of at least 4 members (excludes halogenated alkanes) is 2. The van der Waals surface area contributed by atoms with Crippen molar-refractivity contribution < 1.29 is 0 Å². The minimum atomic E-state index is -0.506. The quantitative estimate of drug-likeness (QED) is 0.220. The number of nitrogens with one attached hydrogen (secondary N) is 2. The van der Waals surface area contributed by atoms with Gasteiger partial charge in [0.05, 0.1) is 11.9 Å². The van der Waals surface area contributed by atoms with E-state index in [1.165, 1.54) is 24.2 Å². The van der Waals surface area contributed by atoms with Crippen LogP contribution in [0.1, 0.15) is 37.3 Å². The van der Waals surface area contributed by atoms with Gasteiger partial charge in [-0.05, 0) is 29.9 Å². The number of anilines is 1. The summed E-state index contributed by atoms with van der Waals surface area (Å²) in [6, 6.07) is 19.2. The summed E-state index contributed by atoms with van der Waals surface area (Å²) in [6.45, 7) is 2.21. The molecule has 152 valence electrons. The number of rotatable bonds is 9. The molecule has 0 radical (unpaired) electrons. The van der Waals surface area contributed by atoms with Gasteiger partial charge in [0.25, 0.3) is 5.56 Å². The Morgan fingerprint density at radius 3 is 2.63 bits per heavy atom. The van der Waals surface area contributed by atoms with Crippen LogP contribution in [0, 0.1) is 11.3 Å². The van der Waals surface area contributed by atoms with Crippen LogP contribution in [0.4, 0.5) is 5.95 Å². The van der Waals surface area contributed by atoms with Crippen LogP contribution >= 0.6 is 11.8 Å². The molecule has 0 saturated carbocycles. The summed E-state index contributed by atoms with van der Waals surface area (Å²) in [5.74, 6) is 1.31. The predicted molar refractivity (Wildman–Crippen MR) is 123 cm³/mol. The molecule has 1 aromatic heterocycles. The normalized spacial score (nSPS) is 10.8. The number of hydrogen-bond acceptors (Lipinski definition) is 6. The van der Waals surface area contributed by atoms with Crippen LogP contribution in [0.25, 0.3) is 11.3 Å². The Labute approximate surface area is 180 Å². The van der Waals surface area contributed by atoms with Crippen molar-refractivity contribution >= 4 is 23.9 Å². The molecule has 30 heavy (non-hydrogen) atoms. The lowest BCUT2D eigenvalue weighted by atomic mass is 10.1. The highest BCUT2D eigenvalue weighted by molar-refractivity contribution is 7.99. The minimum Gasteiger partial charge on any atom is -0.290 e. The first kappa shape index (κ1) is 21.3. The van der Waals surface area contributed by atoms with Crippen LogP contribution in [-0.2, 0) is 0 Å². The highest BCUT2D eigenvalue weighted by atomic mass is 32.2. The van der Waals surface area contributed by atoms with Gasteiger partial charge in [-0.25, -0.2) is 10.4 Å². The zero-order chi connectivity index (χ0) is 21.2. The van der Waals surface area contributed by atoms with Crippen LogP contribution in [-0.4, -0.2) is 21.9 Å². The molecule has 0 aliphatic rings. The fourth-order valence-electron chi connectivity index (χ4n) is 2.79. The lowest BCUT2D eigenvalue weighted by Crippen LogP contribution is -2.16. The summed E-state index contributed by atoms with van der Waals surface area (Å²) in [6.07, 6.45) is 5.39. The first-order chi connectivity index (χ1) is 14.7. The molecule has 0 atom stereocenters. The fraction of sp³-hybridized carbons (Fsp3) is 0.217. The molecule has 1 heterocycles. The number of benzene rings is 2. The first-order valence-corrected chi connectivity index (χ1v) is 10.8. The monoisotopic (exact) mass is 417 g/mol. The smallest absolute Gasteiger partial charge is 0.270 e. The second-order valence-corrected chi connectivity index (χ2v) is 7.78. The van der Waals surface area contributed by atoms with E-state index in [4.69, 9.17) is 0 Å². The molecule has 0 saturated heterocycles. The van der Waals surface area contributed by atoms with Gasteiger partial charge in [-0.15, -0.1) is 11.8 Å². The highest BCUT2D eigenvalue weighted by Gasteiger charge is 2.12. The Morgan fingerprint density at radius 2 is 1.93 bits per heavy atom.